The van der Waals surface area contributed by atoms with Crippen molar-refractivity contribution >= 4 is 42.1 Å². The Labute approximate surface area is 110 Å². The molecule has 16 heavy (non-hydrogen) atoms. The van der Waals surface area contributed by atoms with Crippen molar-refractivity contribution in [2.45, 2.75) is 5.92 Å². The highest BCUT2D eigenvalue weighted by Gasteiger charge is 2.23. The Morgan fingerprint density at radius 2 is 2.00 bits per heavy atom. The molecule has 0 atom stereocenters. The first kappa shape index (κ1) is 13.5. The van der Waals surface area contributed by atoms with Gasteiger partial charge in [0.05, 0.1) is 5.02 Å². The highest BCUT2D eigenvalue weighted by Crippen LogP contribution is 2.20. The number of fused-ring (bicyclic) bond motifs is 1. The smallest absolute Gasteiger partial charge is 0.160 e. The number of pyridine rings is 1. The number of hydrogen-bond donors (Lipinski definition) is 1. The molecule has 3 heterocycles. The van der Waals surface area contributed by atoms with Gasteiger partial charge in [0.2, 0.25) is 0 Å². The van der Waals surface area contributed by atoms with Crippen LogP contribution in [0.3, 0.4) is 0 Å². The van der Waals surface area contributed by atoms with Crippen molar-refractivity contribution in [1.82, 2.24) is 19.9 Å². The van der Waals surface area contributed by atoms with Crippen molar-refractivity contribution in [2.75, 3.05) is 13.1 Å². The molecule has 0 spiro atoms. The van der Waals surface area contributed by atoms with Gasteiger partial charge in [0.15, 0.2) is 5.65 Å². The third-order valence-corrected chi connectivity index (χ3v) is 2.76. The van der Waals surface area contributed by atoms with E-state index in [0.717, 1.165) is 24.6 Å². The second-order valence-corrected chi connectivity index (χ2v) is 3.93. The van der Waals surface area contributed by atoms with Gasteiger partial charge in [-0.2, -0.15) is 0 Å². The van der Waals surface area contributed by atoms with E-state index >= 15 is 0 Å². The highest BCUT2D eigenvalue weighted by atomic mass is 35.5. The maximum atomic E-state index is 5.92. The molecule has 0 saturated carbocycles. The first-order valence-electron chi connectivity index (χ1n) is 4.55. The number of rotatable bonds is 1. The van der Waals surface area contributed by atoms with Crippen LogP contribution in [0.5, 0.6) is 0 Å². The van der Waals surface area contributed by atoms with Crippen LogP contribution in [0, 0.1) is 0 Å². The minimum absolute atomic E-state index is 0. The summed E-state index contributed by atoms with van der Waals surface area (Å²) in [5.74, 6) is 1.48. The van der Waals surface area contributed by atoms with Crippen LogP contribution in [-0.4, -0.2) is 27.7 Å². The van der Waals surface area contributed by atoms with Gasteiger partial charge in [-0.3, -0.25) is 4.40 Å². The molecule has 1 saturated heterocycles. The van der Waals surface area contributed by atoms with Crippen molar-refractivity contribution in [3.63, 3.8) is 0 Å². The van der Waals surface area contributed by atoms with E-state index in [4.69, 9.17) is 11.6 Å². The van der Waals surface area contributed by atoms with Crippen LogP contribution in [0.2, 0.25) is 5.02 Å². The minimum atomic E-state index is 0. The summed E-state index contributed by atoms with van der Waals surface area (Å²) in [7, 11) is 0. The summed E-state index contributed by atoms with van der Waals surface area (Å²) < 4.78 is 1.97. The van der Waals surface area contributed by atoms with Gasteiger partial charge in [-0.15, -0.1) is 35.0 Å². The molecule has 1 fully saturated rings. The lowest BCUT2D eigenvalue weighted by molar-refractivity contribution is 0.427. The number of hydrogen-bond acceptors (Lipinski definition) is 3. The predicted octanol–water partition coefficient (Wildman–Crippen LogP) is 1.91. The van der Waals surface area contributed by atoms with E-state index in [1.54, 1.807) is 0 Å². The summed E-state index contributed by atoms with van der Waals surface area (Å²) in [6.45, 7) is 1.96. The second kappa shape index (κ2) is 5.19. The molecule has 88 valence electrons. The molecule has 0 unspecified atom stereocenters. The van der Waals surface area contributed by atoms with Gasteiger partial charge in [0.25, 0.3) is 0 Å². The molecule has 2 aromatic rings. The molecular weight excluding hydrogens is 270 g/mol. The zero-order valence-corrected chi connectivity index (χ0v) is 10.6. The molecule has 1 aliphatic heterocycles. The number of nitrogens with one attached hydrogen (secondary N) is 1. The monoisotopic (exact) mass is 280 g/mol. The van der Waals surface area contributed by atoms with Crippen LogP contribution in [0.4, 0.5) is 0 Å². The molecule has 1 N–H and O–H groups in total. The van der Waals surface area contributed by atoms with Crippen LogP contribution >= 0.6 is 36.4 Å². The highest BCUT2D eigenvalue weighted by molar-refractivity contribution is 6.30. The summed E-state index contributed by atoms with van der Waals surface area (Å²) in [5.41, 5.74) is 0.858. The summed E-state index contributed by atoms with van der Waals surface area (Å²) in [5, 5.41) is 12.2. The summed E-state index contributed by atoms with van der Waals surface area (Å²) in [6.07, 6.45) is 1.87. The Hall–Kier alpha value is -0.550. The lowest BCUT2D eigenvalue weighted by Crippen LogP contribution is -2.40. The maximum absolute atomic E-state index is 5.92. The standard InChI is InChI=1S/C9H9ClN4.2ClH/c10-7-1-2-8-12-13-9(14(8)5-7)6-3-11-4-6;;/h1-2,5-6,11H,3-4H2;2*1H. The Morgan fingerprint density at radius 1 is 1.25 bits per heavy atom. The molecule has 0 aliphatic carbocycles. The molecule has 3 rings (SSSR count). The fourth-order valence-corrected chi connectivity index (χ4v) is 1.79. The van der Waals surface area contributed by atoms with Gasteiger partial charge in [-0.25, -0.2) is 0 Å². The van der Waals surface area contributed by atoms with E-state index < -0.39 is 0 Å². The van der Waals surface area contributed by atoms with Crippen molar-refractivity contribution < 1.29 is 0 Å². The molecule has 0 amide bonds. The van der Waals surface area contributed by atoms with Crippen LogP contribution in [-0.2, 0) is 0 Å². The lowest BCUT2D eigenvalue weighted by Gasteiger charge is -2.25. The summed E-state index contributed by atoms with van der Waals surface area (Å²) in [6, 6.07) is 3.71. The van der Waals surface area contributed by atoms with Gasteiger partial charge >= 0.3 is 0 Å². The van der Waals surface area contributed by atoms with E-state index in [2.05, 4.69) is 15.5 Å². The first-order valence-corrected chi connectivity index (χ1v) is 4.93. The quantitative estimate of drug-likeness (QED) is 0.868. The maximum Gasteiger partial charge on any atom is 0.160 e. The average molecular weight is 282 g/mol. The van der Waals surface area contributed by atoms with E-state index in [0.29, 0.717) is 10.9 Å². The molecule has 2 aromatic heterocycles. The number of halogens is 3. The Balaban J connectivity index is 0.000000640. The van der Waals surface area contributed by atoms with Gasteiger partial charge in [-0.05, 0) is 12.1 Å². The third kappa shape index (κ3) is 2.11. The summed E-state index contributed by atoms with van der Waals surface area (Å²) in [4.78, 5) is 0. The lowest BCUT2D eigenvalue weighted by atomic mass is 10.0. The van der Waals surface area contributed by atoms with Gasteiger partial charge < -0.3 is 5.32 Å². The molecule has 1 aliphatic rings. The predicted molar refractivity (Wildman–Crippen MR) is 68.1 cm³/mol. The van der Waals surface area contributed by atoms with Crippen LogP contribution in [0.25, 0.3) is 5.65 Å². The Kier molecular flexibility index (Phi) is 4.38. The van der Waals surface area contributed by atoms with Crippen molar-refractivity contribution in [3.05, 3.63) is 29.2 Å². The average Bonchev–Trinajstić information content (AvgIpc) is 2.46. The number of nitrogens with zero attached hydrogens (tertiary/aromatic N) is 3. The SMILES string of the molecule is Cl.Cl.Clc1ccc2nnc(C3CNC3)n2c1. The van der Waals surface area contributed by atoms with Crippen LogP contribution < -0.4 is 5.32 Å². The second-order valence-electron chi connectivity index (χ2n) is 3.49. The molecule has 0 aromatic carbocycles. The third-order valence-electron chi connectivity index (χ3n) is 2.54. The zero-order valence-electron chi connectivity index (χ0n) is 8.26. The molecule has 7 heteroatoms. The van der Waals surface area contributed by atoms with Crippen LogP contribution in [0.1, 0.15) is 11.7 Å². The number of aromatic nitrogens is 3. The molecule has 4 nitrogen and oxygen atoms in total. The Bertz CT molecular complexity index is 481. The molecule has 0 radical (unpaired) electrons. The van der Waals surface area contributed by atoms with Crippen molar-refractivity contribution in [1.29, 1.82) is 0 Å². The first-order chi connectivity index (χ1) is 6.84. The van der Waals surface area contributed by atoms with E-state index in [1.807, 2.05) is 22.7 Å². The fourth-order valence-electron chi connectivity index (χ4n) is 1.63. The topological polar surface area (TPSA) is 42.2 Å². The van der Waals surface area contributed by atoms with E-state index in [9.17, 15) is 0 Å². The normalized spacial score (nSPS) is 15.1. The zero-order chi connectivity index (χ0) is 9.54. The molecular formula is C9H11Cl3N4. The minimum Gasteiger partial charge on any atom is -0.315 e. The summed E-state index contributed by atoms with van der Waals surface area (Å²) >= 11 is 5.92. The van der Waals surface area contributed by atoms with E-state index in [-0.39, 0.29) is 24.8 Å². The van der Waals surface area contributed by atoms with Gasteiger partial charge in [0, 0.05) is 25.2 Å². The van der Waals surface area contributed by atoms with Crippen molar-refractivity contribution in [2.24, 2.45) is 0 Å². The Morgan fingerprint density at radius 3 is 2.62 bits per heavy atom. The largest absolute Gasteiger partial charge is 0.315 e. The van der Waals surface area contributed by atoms with Gasteiger partial charge in [0.1, 0.15) is 5.82 Å². The van der Waals surface area contributed by atoms with Gasteiger partial charge in [-0.1, -0.05) is 11.6 Å². The van der Waals surface area contributed by atoms with Crippen LogP contribution in [0.15, 0.2) is 18.3 Å². The molecule has 0 bridgehead atoms. The van der Waals surface area contributed by atoms with Crippen molar-refractivity contribution in [3.8, 4) is 0 Å². The van der Waals surface area contributed by atoms with E-state index in [1.165, 1.54) is 0 Å². The fraction of sp³-hybridized carbons (Fsp3) is 0.333.